The fourth-order valence-electron chi connectivity index (χ4n) is 2.99. The highest BCUT2D eigenvalue weighted by atomic mass is 14.2. The summed E-state index contributed by atoms with van der Waals surface area (Å²) in [6.07, 6.45) is 15.4. The predicted molar refractivity (Wildman–Crippen MR) is 101 cm³/mol. The molecule has 0 amide bonds. The van der Waals surface area contributed by atoms with Crippen LogP contribution in [0.4, 0.5) is 0 Å². The number of unbranched alkanes of at least 4 members (excludes halogenated alkanes) is 9. The highest BCUT2D eigenvalue weighted by Gasteiger charge is 2.12. The molecule has 0 nitrogen and oxygen atoms in total. The lowest BCUT2D eigenvalue weighted by molar-refractivity contribution is 0.556. The second-order valence-corrected chi connectivity index (χ2v) is 7.88. The van der Waals surface area contributed by atoms with Crippen molar-refractivity contribution in [2.45, 2.75) is 104 Å². The van der Waals surface area contributed by atoms with Gasteiger partial charge in [0, 0.05) is 0 Å². The quantitative estimate of drug-likeness (QED) is 0.372. The van der Waals surface area contributed by atoms with E-state index in [1.165, 1.54) is 81.8 Å². The standard InChI is InChI=1S/C22H38/c1-5-6-7-8-9-10-11-12-13-14-15-20-16-18-21(19-17-20)22(2,3)4/h16-19H,5-15H2,1-4H3. The lowest BCUT2D eigenvalue weighted by atomic mass is 9.86. The number of benzene rings is 1. The molecule has 0 heterocycles. The van der Waals surface area contributed by atoms with Crippen molar-refractivity contribution < 1.29 is 0 Å². The Morgan fingerprint density at radius 1 is 0.636 bits per heavy atom. The first-order chi connectivity index (χ1) is 10.5. The minimum atomic E-state index is 0.273. The molecule has 0 aliphatic rings. The van der Waals surface area contributed by atoms with E-state index in [9.17, 15) is 0 Å². The van der Waals surface area contributed by atoms with Crippen LogP contribution in [0.25, 0.3) is 0 Å². The van der Waals surface area contributed by atoms with Crippen LogP contribution in [-0.2, 0) is 11.8 Å². The van der Waals surface area contributed by atoms with Crippen LogP contribution in [0.15, 0.2) is 24.3 Å². The maximum atomic E-state index is 2.33. The van der Waals surface area contributed by atoms with Gasteiger partial charge in [-0.1, -0.05) is 110 Å². The number of rotatable bonds is 11. The van der Waals surface area contributed by atoms with Crippen molar-refractivity contribution in [1.82, 2.24) is 0 Å². The van der Waals surface area contributed by atoms with Gasteiger partial charge < -0.3 is 0 Å². The van der Waals surface area contributed by atoms with E-state index in [-0.39, 0.29) is 5.41 Å². The number of aryl methyl sites for hydroxylation is 1. The van der Waals surface area contributed by atoms with E-state index in [2.05, 4.69) is 52.0 Å². The third-order valence-electron chi connectivity index (χ3n) is 4.64. The lowest BCUT2D eigenvalue weighted by Crippen LogP contribution is -2.10. The molecule has 0 saturated carbocycles. The van der Waals surface area contributed by atoms with Gasteiger partial charge in [0.25, 0.3) is 0 Å². The summed E-state index contributed by atoms with van der Waals surface area (Å²) in [4.78, 5) is 0. The van der Waals surface area contributed by atoms with Crippen LogP contribution in [0.1, 0.15) is 103 Å². The third-order valence-corrected chi connectivity index (χ3v) is 4.64. The van der Waals surface area contributed by atoms with Crippen LogP contribution in [0.5, 0.6) is 0 Å². The van der Waals surface area contributed by atoms with E-state index in [4.69, 9.17) is 0 Å². The van der Waals surface area contributed by atoms with Crippen molar-refractivity contribution in [3.05, 3.63) is 35.4 Å². The van der Waals surface area contributed by atoms with Crippen molar-refractivity contribution in [2.75, 3.05) is 0 Å². The van der Waals surface area contributed by atoms with Crippen LogP contribution in [0.2, 0.25) is 0 Å². The van der Waals surface area contributed by atoms with Gasteiger partial charge >= 0.3 is 0 Å². The van der Waals surface area contributed by atoms with Gasteiger partial charge in [-0.3, -0.25) is 0 Å². The predicted octanol–water partition coefficient (Wildman–Crippen LogP) is 7.45. The minimum absolute atomic E-state index is 0.273. The molecule has 0 atom stereocenters. The molecule has 0 bridgehead atoms. The zero-order valence-corrected chi connectivity index (χ0v) is 15.6. The highest BCUT2D eigenvalue weighted by Crippen LogP contribution is 2.22. The molecule has 1 rings (SSSR count). The van der Waals surface area contributed by atoms with E-state index in [1.54, 1.807) is 0 Å². The van der Waals surface area contributed by atoms with Gasteiger partial charge in [-0.2, -0.15) is 0 Å². The smallest absolute Gasteiger partial charge is 0.0132 e. The molecule has 0 aliphatic carbocycles. The fourth-order valence-corrected chi connectivity index (χ4v) is 2.99. The van der Waals surface area contributed by atoms with Crippen molar-refractivity contribution in [3.63, 3.8) is 0 Å². The second kappa shape index (κ2) is 10.9. The van der Waals surface area contributed by atoms with Crippen molar-refractivity contribution in [1.29, 1.82) is 0 Å². The van der Waals surface area contributed by atoms with Gasteiger partial charge in [-0.25, -0.2) is 0 Å². The molecule has 0 fully saturated rings. The Kier molecular flexibility index (Phi) is 9.52. The third kappa shape index (κ3) is 8.61. The summed E-state index contributed by atoms with van der Waals surface area (Å²) in [5.41, 5.74) is 3.22. The zero-order valence-electron chi connectivity index (χ0n) is 15.6. The van der Waals surface area contributed by atoms with E-state index >= 15 is 0 Å². The average molecular weight is 303 g/mol. The fraction of sp³-hybridized carbons (Fsp3) is 0.727. The van der Waals surface area contributed by atoms with Gasteiger partial charge in [0.15, 0.2) is 0 Å². The maximum Gasteiger partial charge on any atom is -0.0132 e. The molecule has 0 heteroatoms. The molecule has 1 aromatic carbocycles. The Bertz CT molecular complexity index is 366. The lowest BCUT2D eigenvalue weighted by Gasteiger charge is -2.19. The molecule has 0 radical (unpaired) electrons. The summed E-state index contributed by atoms with van der Waals surface area (Å²) in [5.74, 6) is 0. The van der Waals surface area contributed by atoms with Crippen LogP contribution >= 0.6 is 0 Å². The number of hydrogen-bond acceptors (Lipinski definition) is 0. The molecule has 0 unspecified atom stereocenters. The maximum absolute atomic E-state index is 2.33. The van der Waals surface area contributed by atoms with Crippen LogP contribution in [-0.4, -0.2) is 0 Å². The Labute approximate surface area is 139 Å². The summed E-state index contributed by atoms with van der Waals surface area (Å²) >= 11 is 0. The molecule has 126 valence electrons. The van der Waals surface area contributed by atoms with E-state index < -0.39 is 0 Å². The van der Waals surface area contributed by atoms with Crippen molar-refractivity contribution in [3.8, 4) is 0 Å². The minimum Gasteiger partial charge on any atom is -0.0654 e. The van der Waals surface area contributed by atoms with Crippen LogP contribution in [0, 0.1) is 0 Å². The van der Waals surface area contributed by atoms with Gasteiger partial charge in [0.1, 0.15) is 0 Å². The molecule has 0 aliphatic heterocycles. The number of hydrogen-bond donors (Lipinski definition) is 0. The summed E-state index contributed by atoms with van der Waals surface area (Å²) in [6, 6.07) is 9.28. The molecule has 1 aromatic rings. The molecule has 0 saturated heterocycles. The summed E-state index contributed by atoms with van der Waals surface area (Å²) < 4.78 is 0. The zero-order chi connectivity index (χ0) is 16.3. The Morgan fingerprint density at radius 2 is 1.09 bits per heavy atom. The normalized spacial score (nSPS) is 11.8. The van der Waals surface area contributed by atoms with Gasteiger partial charge in [0.05, 0.1) is 0 Å². The van der Waals surface area contributed by atoms with E-state index in [1.807, 2.05) is 0 Å². The summed E-state index contributed by atoms with van der Waals surface area (Å²) in [6.45, 7) is 9.13. The summed E-state index contributed by atoms with van der Waals surface area (Å²) in [7, 11) is 0. The van der Waals surface area contributed by atoms with Gasteiger partial charge in [-0.15, -0.1) is 0 Å². The average Bonchev–Trinajstić information content (AvgIpc) is 2.49. The first kappa shape index (κ1) is 19.3. The monoisotopic (exact) mass is 302 g/mol. The van der Waals surface area contributed by atoms with Gasteiger partial charge in [-0.05, 0) is 29.4 Å². The van der Waals surface area contributed by atoms with Crippen molar-refractivity contribution in [2.24, 2.45) is 0 Å². The van der Waals surface area contributed by atoms with Gasteiger partial charge in [0.2, 0.25) is 0 Å². The van der Waals surface area contributed by atoms with E-state index in [0.29, 0.717) is 0 Å². The largest absolute Gasteiger partial charge is 0.0654 e. The Hall–Kier alpha value is -0.780. The topological polar surface area (TPSA) is 0 Å². The first-order valence-electron chi connectivity index (χ1n) is 9.63. The Balaban J connectivity index is 2.03. The molecular formula is C22H38. The first-order valence-corrected chi connectivity index (χ1v) is 9.63. The SMILES string of the molecule is CCCCCCCCCCCCc1ccc(C(C)(C)C)cc1. The Morgan fingerprint density at radius 3 is 1.55 bits per heavy atom. The molecule has 22 heavy (non-hydrogen) atoms. The van der Waals surface area contributed by atoms with Crippen LogP contribution < -0.4 is 0 Å². The molecular weight excluding hydrogens is 264 g/mol. The van der Waals surface area contributed by atoms with Crippen molar-refractivity contribution >= 4 is 0 Å². The van der Waals surface area contributed by atoms with E-state index in [0.717, 1.165) is 0 Å². The molecule has 0 N–H and O–H groups in total. The molecule has 0 aromatic heterocycles. The van der Waals surface area contributed by atoms with Crippen LogP contribution in [0.3, 0.4) is 0 Å². The second-order valence-electron chi connectivity index (χ2n) is 7.88. The summed E-state index contributed by atoms with van der Waals surface area (Å²) in [5, 5.41) is 0. The highest BCUT2D eigenvalue weighted by molar-refractivity contribution is 5.27. The molecule has 0 spiro atoms.